The summed E-state index contributed by atoms with van der Waals surface area (Å²) in [7, 11) is 0. The Hall–Kier alpha value is -2.06. The van der Waals surface area contributed by atoms with Gasteiger partial charge in [0.1, 0.15) is 12.4 Å². The second-order valence-corrected chi connectivity index (χ2v) is 12.6. The average Bonchev–Trinajstić information content (AvgIpc) is 3.27. The first kappa shape index (κ1) is 35.8. The molecule has 0 radical (unpaired) electrons. The van der Waals surface area contributed by atoms with Crippen LogP contribution in [0.5, 0.6) is 5.75 Å². The molecule has 0 unspecified atom stereocenters. The topological polar surface area (TPSA) is 65.0 Å². The molecule has 3 aliphatic rings. The zero-order chi connectivity index (χ0) is 33.3. The van der Waals surface area contributed by atoms with Crippen LogP contribution in [0, 0.1) is 17.3 Å². The van der Waals surface area contributed by atoms with Crippen LogP contribution in [-0.2, 0) is 20.7 Å². The predicted molar refractivity (Wildman–Crippen MR) is 144 cm³/mol. The summed E-state index contributed by atoms with van der Waals surface area (Å²) in [6.07, 6.45) is -14.8. The largest absolute Gasteiger partial charge is 0.486 e. The normalized spacial score (nSPS) is 27.1. The molecule has 1 N–H and O–H groups in total. The highest BCUT2D eigenvalue weighted by Crippen LogP contribution is 2.62. The molecule has 45 heavy (non-hydrogen) atoms. The molecule has 2 fully saturated rings. The van der Waals surface area contributed by atoms with E-state index in [-0.39, 0.29) is 43.0 Å². The Morgan fingerprint density at radius 1 is 0.911 bits per heavy atom. The maximum absolute atomic E-state index is 13.1. The van der Waals surface area contributed by atoms with Crippen molar-refractivity contribution in [3.63, 3.8) is 0 Å². The maximum atomic E-state index is 13.1. The van der Waals surface area contributed by atoms with Gasteiger partial charge in [0.25, 0.3) is 0 Å². The second-order valence-electron chi connectivity index (χ2n) is 12.6. The van der Waals surface area contributed by atoms with Gasteiger partial charge in [-0.15, -0.1) is 0 Å². The van der Waals surface area contributed by atoms with Gasteiger partial charge in [-0.3, -0.25) is 4.79 Å². The second kappa shape index (κ2) is 13.6. The monoisotopic (exact) mass is 662 g/mol. The van der Waals surface area contributed by atoms with Crippen LogP contribution < -0.4 is 4.74 Å². The Balaban J connectivity index is 1.32. The van der Waals surface area contributed by atoms with E-state index in [2.05, 4.69) is 11.7 Å². The number of aryl methyl sites for hydroxylation is 1. The fourth-order valence-electron chi connectivity index (χ4n) is 7.78. The molecule has 0 bridgehead atoms. The Morgan fingerprint density at radius 3 is 2.24 bits per heavy atom. The van der Waals surface area contributed by atoms with Crippen molar-refractivity contribution in [3.8, 4) is 5.75 Å². The van der Waals surface area contributed by atoms with E-state index < -0.39 is 37.2 Å². The first-order valence-electron chi connectivity index (χ1n) is 15.3. The molecule has 5 atom stereocenters. The third-order valence-electron chi connectivity index (χ3n) is 10.00. The van der Waals surface area contributed by atoms with Crippen LogP contribution in [-0.4, -0.2) is 67.6 Å². The van der Waals surface area contributed by atoms with Crippen molar-refractivity contribution in [2.24, 2.45) is 17.3 Å². The number of benzene rings is 1. The SMILES string of the molecule is C[C@]12CC[C@@H]3c4ccc(OCC(=O)CCCCO)cc4CC[C@H]3[C@@H]1CC[C@@H]2OCCCOC(C(F)(F)F)(C(F)(F)F)C(F)(F)F. The molecule has 0 saturated heterocycles. The lowest BCUT2D eigenvalue weighted by atomic mass is 9.55. The minimum Gasteiger partial charge on any atom is -0.486 e. The number of hydrogen-bond donors (Lipinski definition) is 1. The average molecular weight is 663 g/mol. The van der Waals surface area contributed by atoms with Gasteiger partial charge < -0.3 is 19.3 Å². The summed E-state index contributed by atoms with van der Waals surface area (Å²) in [6.45, 7) is 0.324. The van der Waals surface area contributed by atoms with Crippen LogP contribution in [0.25, 0.3) is 0 Å². The van der Waals surface area contributed by atoms with E-state index in [4.69, 9.17) is 14.6 Å². The van der Waals surface area contributed by atoms with Gasteiger partial charge in [0, 0.05) is 19.6 Å². The summed E-state index contributed by atoms with van der Waals surface area (Å²) in [5.41, 5.74) is -4.15. The number of carbonyl (C=O) groups is 1. The Labute approximate surface area is 255 Å². The number of ketones is 1. The highest BCUT2D eigenvalue weighted by molar-refractivity contribution is 5.79. The summed E-state index contributed by atoms with van der Waals surface area (Å²) < 4.78 is 133. The van der Waals surface area contributed by atoms with Crippen LogP contribution in [0.3, 0.4) is 0 Å². The first-order valence-corrected chi connectivity index (χ1v) is 15.3. The van der Waals surface area contributed by atoms with E-state index in [1.54, 1.807) is 0 Å². The molecule has 0 amide bonds. The minimum atomic E-state index is -6.75. The number of unbranched alkanes of at least 4 members (excludes halogenated alkanes) is 1. The number of carbonyl (C=O) groups excluding carboxylic acids is 1. The molecule has 14 heteroatoms. The number of fused-ring (bicyclic) bond motifs is 5. The first-order chi connectivity index (χ1) is 21.0. The summed E-state index contributed by atoms with van der Waals surface area (Å²) in [4.78, 5) is 12.0. The van der Waals surface area contributed by atoms with Crippen LogP contribution in [0.15, 0.2) is 18.2 Å². The molecule has 256 valence electrons. The number of alkyl halides is 9. The van der Waals surface area contributed by atoms with Gasteiger partial charge >= 0.3 is 24.1 Å². The van der Waals surface area contributed by atoms with Gasteiger partial charge in [0.2, 0.25) is 0 Å². The predicted octanol–water partition coefficient (Wildman–Crippen LogP) is 7.87. The quantitative estimate of drug-likeness (QED) is 0.172. The van der Waals surface area contributed by atoms with Crippen molar-refractivity contribution < 1.29 is 63.6 Å². The van der Waals surface area contributed by atoms with Crippen LogP contribution >= 0.6 is 0 Å². The van der Waals surface area contributed by atoms with Crippen molar-refractivity contribution in [3.05, 3.63) is 29.3 Å². The van der Waals surface area contributed by atoms with Crippen molar-refractivity contribution in [1.29, 1.82) is 0 Å². The summed E-state index contributed by atoms with van der Waals surface area (Å²) in [5.74, 6) is 1.51. The number of rotatable bonds is 13. The third-order valence-corrected chi connectivity index (χ3v) is 10.00. The van der Waals surface area contributed by atoms with E-state index >= 15 is 0 Å². The molecule has 0 spiro atoms. The van der Waals surface area contributed by atoms with Crippen LogP contribution in [0.4, 0.5) is 39.5 Å². The molecule has 3 aliphatic carbocycles. The van der Waals surface area contributed by atoms with Crippen molar-refractivity contribution in [2.45, 2.75) is 107 Å². The summed E-state index contributed by atoms with van der Waals surface area (Å²) >= 11 is 0. The summed E-state index contributed by atoms with van der Waals surface area (Å²) in [6, 6.07) is 5.89. The lowest BCUT2D eigenvalue weighted by Gasteiger charge is -2.50. The minimum absolute atomic E-state index is 0.0297. The van der Waals surface area contributed by atoms with Gasteiger partial charge in [-0.2, -0.15) is 39.5 Å². The highest BCUT2D eigenvalue weighted by Gasteiger charge is 2.85. The molecule has 0 heterocycles. The number of halogens is 9. The van der Waals surface area contributed by atoms with Crippen LogP contribution in [0.2, 0.25) is 0 Å². The Bertz CT molecular complexity index is 1130. The lowest BCUT2D eigenvalue weighted by Crippen LogP contribution is -2.67. The van der Waals surface area contributed by atoms with E-state index in [1.807, 2.05) is 18.2 Å². The van der Waals surface area contributed by atoms with Gasteiger partial charge in [0.15, 0.2) is 5.78 Å². The smallest absolute Gasteiger partial charge is 0.435 e. The fourth-order valence-corrected chi connectivity index (χ4v) is 7.78. The Morgan fingerprint density at radius 2 is 1.60 bits per heavy atom. The van der Waals surface area contributed by atoms with E-state index in [9.17, 15) is 44.3 Å². The van der Waals surface area contributed by atoms with E-state index in [0.717, 1.165) is 32.1 Å². The summed E-state index contributed by atoms with van der Waals surface area (Å²) in [5, 5.41) is 8.86. The molecular formula is C31H39F9O5. The van der Waals surface area contributed by atoms with Gasteiger partial charge in [-0.25, -0.2) is 0 Å². The number of aliphatic hydroxyl groups is 1. The molecule has 2 saturated carbocycles. The molecular weight excluding hydrogens is 623 g/mol. The highest BCUT2D eigenvalue weighted by atomic mass is 19.4. The Kier molecular flexibility index (Phi) is 10.8. The molecule has 5 nitrogen and oxygen atoms in total. The van der Waals surface area contributed by atoms with Crippen molar-refractivity contribution in [1.82, 2.24) is 0 Å². The standard InChI is InChI=1S/C31H39F9O5/c1-27-13-12-23-22-9-7-21(44-18-20(42)5-2-3-14-41)17-19(22)6-8-24(23)25(27)10-11-26(27)43-15-4-16-45-28(29(32,33)34,30(35,36)37)31(38,39)40/h7,9,17,23-26,41H,2-6,8,10-16,18H2,1H3/t23-,24-,25+,26+,27+/m1/s1. The third kappa shape index (κ3) is 7.12. The van der Waals surface area contributed by atoms with Crippen molar-refractivity contribution in [2.75, 3.05) is 26.4 Å². The van der Waals surface area contributed by atoms with E-state index in [0.29, 0.717) is 43.3 Å². The number of Topliss-reactive ketones (excluding diaryl/α,β-unsaturated/α-hetero) is 1. The zero-order valence-electron chi connectivity index (χ0n) is 24.9. The molecule has 1 aromatic rings. The number of hydrogen-bond acceptors (Lipinski definition) is 5. The van der Waals surface area contributed by atoms with Gasteiger partial charge in [0.05, 0.1) is 12.7 Å². The molecule has 1 aromatic carbocycles. The van der Waals surface area contributed by atoms with Gasteiger partial charge in [-0.05, 0) is 104 Å². The van der Waals surface area contributed by atoms with Crippen molar-refractivity contribution >= 4 is 5.78 Å². The molecule has 4 rings (SSSR count). The van der Waals surface area contributed by atoms with Gasteiger partial charge in [-0.1, -0.05) is 13.0 Å². The number of ether oxygens (including phenoxy) is 3. The van der Waals surface area contributed by atoms with E-state index in [1.165, 1.54) is 11.1 Å². The molecule has 0 aliphatic heterocycles. The zero-order valence-corrected chi connectivity index (χ0v) is 24.9. The molecule has 0 aromatic heterocycles. The number of aliphatic hydroxyl groups excluding tert-OH is 1. The fraction of sp³-hybridized carbons (Fsp3) is 0.774. The lowest BCUT2D eigenvalue weighted by molar-refractivity contribution is -0.457. The van der Waals surface area contributed by atoms with Crippen LogP contribution in [0.1, 0.15) is 81.8 Å². The maximum Gasteiger partial charge on any atom is 0.435 e.